The summed E-state index contributed by atoms with van der Waals surface area (Å²) < 4.78 is 11.4. The maximum atomic E-state index is 6.07. The molecule has 2 aliphatic rings. The Morgan fingerprint density at radius 2 is 2.08 bits per heavy atom. The third kappa shape index (κ3) is 3.16. The molecule has 0 bridgehead atoms. The topological polar surface area (TPSA) is 41.7 Å². The van der Waals surface area contributed by atoms with Gasteiger partial charge in [0.2, 0.25) is 0 Å². The summed E-state index contributed by atoms with van der Waals surface area (Å²) in [5, 5.41) is 4.10. The fourth-order valence-corrected chi connectivity index (χ4v) is 4.81. The first-order valence-corrected chi connectivity index (χ1v) is 9.47. The number of nitrogens with zero attached hydrogens (tertiary/aromatic N) is 3. The summed E-state index contributed by atoms with van der Waals surface area (Å²) in [4.78, 5) is 7.92. The number of aryl methyl sites for hydroxylation is 3. The van der Waals surface area contributed by atoms with Crippen LogP contribution < -0.4 is 0 Å². The molecule has 0 unspecified atom stereocenters. The lowest BCUT2D eigenvalue weighted by atomic mass is 10.1. The molecule has 2 atom stereocenters. The van der Waals surface area contributed by atoms with E-state index in [1.165, 1.54) is 15.3 Å². The third-order valence-electron chi connectivity index (χ3n) is 5.21. The van der Waals surface area contributed by atoms with Gasteiger partial charge in [0.05, 0.1) is 24.4 Å². The number of rotatable bonds is 4. The van der Waals surface area contributed by atoms with E-state index in [-0.39, 0.29) is 0 Å². The SMILES string of the molecule is Cc1ccc(CN2C[C@H]3OCCN(Cc4c(C)noc4C)[C@H]3C2)s1. The Hall–Kier alpha value is -1.21. The summed E-state index contributed by atoms with van der Waals surface area (Å²) in [5.74, 6) is 0.944. The van der Waals surface area contributed by atoms with Gasteiger partial charge in [0.15, 0.2) is 0 Å². The minimum atomic E-state index is 0.320. The third-order valence-corrected chi connectivity index (χ3v) is 6.20. The maximum Gasteiger partial charge on any atom is 0.138 e. The lowest BCUT2D eigenvalue weighted by Gasteiger charge is -2.36. The van der Waals surface area contributed by atoms with E-state index in [2.05, 4.69) is 34.0 Å². The molecular formula is C18H25N3O2S. The molecule has 4 heterocycles. The van der Waals surface area contributed by atoms with Crippen molar-refractivity contribution in [2.45, 2.75) is 46.0 Å². The number of hydrogen-bond acceptors (Lipinski definition) is 6. The Kier molecular flexibility index (Phi) is 4.47. The van der Waals surface area contributed by atoms with Crippen LogP contribution in [0.1, 0.15) is 26.8 Å². The summed E-state index contributed by atoms with van der Waals surface area (Å²) in [6.07, 6.45) is 0.320. The fourth-order valence-electron chi connectivity index (χ4n) is 3.88. The molecule has 2 aliphatic heterocycles. The fraction of sp³-hybridized carbons (Fsp3) is 0.611. The van der Waals surface area contributed by atoms with Crippen LogP contribution in [-0.2, 0) is 17.8 Å². The number of aromatic nitrogens is 1. The molecule has 0 aliphatic carbocycles. The zero-order chi connectivity index (χ0) is 16.7. The highest BCUT2D eigenvalue weighted by molar-refractivity contribution is 7.11. The molecule has 0 radical (unpaired) electrons. The molecule has 0 N–H and O–H groups in total. The quantitative estimate of drug-likeness (QED) is 0.851. The Morgan fingerprint density at radius 1 is 1.21 bits per heavy atom. The van der Waals surface area contributed by atoms with Crippen LogP contribution in [0.2, 0.25) is 0 Å². The number of hydrogen-bond donors (Lipinski definition) is 0. The van der Waals surface area contributed by atoms with Crippen molar-refractivity contribution in [3.63, 3.8) is 0 Å². The van der Waals surface area contributed by atoms with Gasteiger partial charge in [-0.25, -0.2) is 0 Å². The summed E-state index contributed by atoms with van der Waals surface area (Å²) in [7, 11) is 0. The van der Waals surface area contributed by atoms with Crippen molar-refractivity contribution in [2.75, 3.05) is 26.2 Å². The molecule has 0 amide bonds. The van der Waals surface area contributed by atoms with E-state index < -0.39 is 0 Å². The molecule has 4 rings (SSSR count). The van der Waals surface area contributed by atoms with E-state index in [0.29, 0.717) is 12.1 Å². The van der Waals surface area contributed by atoms with Gasteiger partial charge in [-0.3, -0.25) is 9.80 Å². The summed E-state index contributed by atoms with van der Waals surface area (Å²) in [5.41, 5.74) is 2.25. The van der Waals surface area contributed by atoms with E-state index >= 15 is 0 Å². The van der Waals surface area contributed by atoms with Gasteiger partial charge in [-0.15, -0.1) is 11.3 Å². The molecular weight excluding hydrogens is 322 g/mol. The molecule has 2 aromatic rings. The van der Waals surface area contributed by atoms with Crippen LogP contribution in [-0.4, -0.2) is 53.3 Å². The van der Waals surface area contributed by atoms with Gasteiger partial charge in [-0.05, 0) is 32.9 Å². The van der Waals surface area contributed by atoms with Crippen molar-refractivity contribution in [1.29, 1.82) is 0 Å². The second-order valence-corrected chi connectivity index (χ2v) is 8.33. The second kappa shape index (κ2) is 6.59. The number of ether oxygens (including phenoxy) is 1. The van der Waals surface area contributed by atoms with E-state index in [4.69, 9.17) is 9.26 Å². The Bertz CT molecular complexity index is 691. The Morgan fingerprint density at radius 3 is 2.79 bits per heavy atom. The zero-order valence-corrected chi connectivity index (χ0v) is 15.4. The average Bonchev–Trinajstić information content (AvgIpc) is 3.23. The summed E-state index contributed by atoms with van der Waals surface area (Å²) in [6.45, 7) is 12.1. The number of morpholine rings is 1. The van der Waals surface area contributed by atoms with Crippen LogP contribution in [0.25, 0.3) is 0 Å². The number of fused-ring (bicyclic) bond motifs is 1. The van der Waals surface area contributed by atoms with Crippen LogP contribution >= 0.6 is 11.3 Å². The minimum absolute atomic E-state index is 0.320. The molecule has 2 fully saturated rings. The molecule has 6 heteroatoms. The van der Waals surface area contributed by atoms with E-state index in [1.807, 2.05) is 25.2 Å². The second-order valence-electron chi connectivity index (χ2n) is 6.96. The maximum absolute atomic E-state index is 6.07. The summed E-state index contributed by atoms with van der Waals surface area (Å²) in [6, 6.07) is 4.93. The van der Waals surface area contributed by atoms with Gasteiger partial charge in [0.25, 0.3) is 0 Å². The molecule has 0 spiro atoms. The standard InChI is InChI=1S/C18H25N3O2S/c1-12-4-5-15(24-12)8-20-10-17-18(11-20)22-7-6-21(17)9-16-13(2)19-23-14(16)3/h4-5,17-18H,6-11H2,1-3H3/t17-,18+/m0/s1. The van der Waals surface area contributed by atoms with Crippen molar-refractivity contribution < 1.29 is 9.26 Å². The van der Waals surface area contributed by atoms with Crippen LogP contribution in [0.4, 0.5) is 0 Å². The van der Waals surface area contributed by atoms with Gasteiger partial charge in [-0.1, -0.05) is 5.16 Å². The largest absolute Gasteiger partial charge is 0.374 e. The van der Waals surface area contributed by atoms with Gasteiger partial charge >= 0.3 is 0 Å². The summed E-state index contributed by atoms with van der Waals surface area (Å²) >= 11 is 1.90. The molecule has 130 valence electrons. The number of thiophene rings is 1. The molecule has 5 nitrogen and oxygen atoms in total. The van der Waals surface area contributed by atoms with Crippen LogP contribution in [0.15, 0.2) is 16.7 Å². The van der Waals surface area contributed by atoms with Crippen molar-refractivity contribution in [3.05, 3.63) is 38.9 Å². The number of likely N-dealkylation sites (tertiary alicyclic amines) is 1. The molecule has 0 aromatic carbocycles. The van der Waals surface area contributed by atoms with Crippen molar-refractivity contribution in [1.82, 2.24) is 15.0 Å². The average molecular weight is 347 g/mol. The van der Waals surface area contributed by atoms with Crippen molar-refractivity contribution in [3.8, 4) is 0 Å². The molecule has 0 saturated carbocycles. The zero-order valence-electron chi connectivity index (χ0n) is 14.6. The van der Waals surface area contributed by atoms with Crippen molar-refractivity contribution in [2.24, 2.45) is 0 Å². The van der Waals surface area contributed by atoms with E-state index in [0.717, 1.165) is 50.8 Å². The first-order chi connectivity index (χ1) is 11.6. The van der Waals surface area contributed by atoms with Crippen LogP contribution in [0, 0.1) is 20.8 Å². The predicted octanol–water partition coefficient (Wildman–Crippen LogP) is 2.75. The highest BCUT2D eigenvalue weighted by atomic mass is 32.1. The first kappa shape index (κ1) is 16.3. The highest BCUT2D eigenvalue weighted by Crippen LogP contribution is 2.28. The normalized spacial score (nSPS) is 25.3. The van der Waals surface area contributed by atoms with E-state index in [1.54, 1.807) is 0 Å². The first-order valence-electron chi connectivity index (χ1n) is 8.65. The lowest BCUT2D eigenvalue weighted by molar-refractivity contribution is -0.0506. The van der Waals surface area contributed by atoms with Gasteiger partial charge in [0.1, 0.15) is 5.76 Å². The lowest BCUT2D eigenvalue weighted by Crippen LogP contribution is -2.50. The van der Waals surface area contributed by atoms with Crippen LogP contribution in [0.5, 0.6) is 0 Å². The monoisotopic (exact) mass is 347 g/mol. The highest BCUT2D eigenvalue weighted by Gasteiger charge is 2.40. The van der Waals surface area contributed by atoms with Gasteiger partial charge in [0, 0.05) is 48.0 Å². The Balaban J connectivity index is 1.44. The smallest absolute Gasteiger partial charge is 0.138 e. The Labute approximate surface area is 147 Å². The molecule has 2 aromatic heterocycles. The van der Waals surface area contributed by atoms with Gasteiger partial charge < -0.3 is 9.26 Å². The van der Waals surface area contributed by atoms with Gasteiger partial charge in [-0.2, -0.15) is 0 Å². The predicted molar refractivity (Wildman–Crippen MR) is 94.2 cm³/mol. The van der Waals surface area contributed by atoms with Crippen LogP contribution in [0.3, 0.4) is 0 Å². The molecule has 24 heavy (non-hydrogen) atoms. The molecule has 2 saturated heterocycles. The van der Waals surface area contributed by atoms with E-state index in [9.17, 15) is 0 Å². The van der Waals surface area contributed by atoms with Crippen molar-refractivity contribution >= 4 is 11.3 Å². The minimum Gasteiger partial charge on any atom is -0.374 e.